The predicted octanol–water partition coefficient (Wildman–Crippen LogP) is 1.16. The van der Waals surface area contributed by atoms with E-state index in [1.165, 1.54) is 0 Å². The number of pyridine rings is 1. The second-order valence-corrected chi connectivity index (χ2v) is 3.98. The minimum absolute atomic E-state index is 0.146. The Morgan fingerprint density at radius 3 is 2.93 bits per heavy atom. The second kappa shape index (κ2) is 3.98. The van der Waals surface area contributed by atoms with Crippen LogP contribution in [0.5, 0.6) is 0 Å². The van der Waals surface area contributed by atoms with Crippen LogP contribution in [0.3, 0.4) is 0 Å². The lowest BCUT2D eigenvalue weighted by Gasteiger charge is -2.17. The van der Waals surface area contributed by atoms with E-state index >= 15 is 0 Å². The molecular formula is C11H14N2O2. The second-order valence-electron chi connectivity index (χ2n) is 3.98. The predicted molar refractivity (Wildman–Crippen MR) is 55.4 cm³/mol. The smallest absolute Gasteiger partial charge is 0.307 e. The third-order valence-corrected chi connectivity index (χ3v) is 2.93. The number of carboxylic acids is 1. The van der Waals surface area contributed by atoms with Crippen LogP contribution in [-0.2, 0) is 4.79 Å². The van der Waals surface area contributed by atoms with Crippen molar-refractivity contribution in [2.45, 2.75) is 12.5 Å². The Morgan fingerprint density at radius 2 is 2.40 bits per heavy atom. The summed E-state index contributed by atoms with van der Waals surface area (Å²) in [6.07, 6.45) is 2.40. The van der Waals surface area contributed by atoms with Crippen molar-refractivity contribution in [3.63, 3.8) is 0 Å². The van der Waals surface area contributed by atoms with E-state index in [1.807, 2.05) is 25.2 Å². The molecule has 1 aliphatic rings. The van der Waals surface area contributed by atoms with Crippen molar-refractivity contribution in [1.29, 1.82) is 0 Å². The summed E-state index contributed by atoms with van der Waals surface area (Å²) in [6, 6.07) is 5.90. The molecule has 0 unspecified atom stereocenters. The summed E-state index contributed by atoms with van der Waals surface area (Å²) in [4.78, 5) is 17.2. The molecule has 1 aromatic rings. The molecule has 2 heterocycles. The Kier molecular flexibility index (Phi) is 2.68. The van der Waals surface area contributed by atoms with Crippen molar-refractivity contribution < 1.29 is 9.90 Å². The fourth-order valence-electron chi connectivity index (χ4n) is 2.10. The van der Waals surface area contributed by atoms with Gasteiger partial charge in [0.05, 0.1) is 17.7 Å². The molecule has 4 heteroatoms. The zero-order valence-electron chi connectivity index (χ0n) is 8.63. The number of hydrogen-bond donors (Lipinski definition) is 1. The zero-order valence-corrected chi connectivity index (χ0v) is 8.63. The van der Waals surface area contributed by atoms with Gasteiger partial charge >= 0.3 is 5.97 Å². The summed E-state index contributed by atoms with van der Waals surface area (Å²) in [5.41, 5.74) is 0.962. The summed E-state index contributed by atoms with van der Waals surface area (Å²) >= 11 is 0. The first-order chi connectivity index (χ1) is 7.18. The van der Waals surface area contributed by atoms with Crippen LogP contribution in [0.15, 0.2) is 24.4 Å². The van der Waals surface area contributed by atoms with Crippen LogP contribution < -0.4 is 0 Å². The number of carbonyl (C=O) groups is 1. The highest BCUT2D eigenvalue weighted by molar-refractivity contribution is 5.70. The van der Waals surface area contributed by atoms with Crippen LogP contribution in [0, 0.1) is 5.92 Å². The summed E-state index contributed by atoms with van der Waals surface area (Å²) in [7, 11) is 1.95. The molecule has 0 amide bonds. The SMILES string of the molecule is CN1C[C@@H](C(=O)O)C[C@@H]1c1ccccn1. The lowest BCUT2D eigenvalue weighted by atomic mass is 10.0. The van der Waals surface area contributed by atoms with Gasteiger partial charge in [0, 0.05) is 12.7 Å². The van der Waals surface area contributed by atoms with Crippen LogP contribution in [0.1, 0.15) is 18.2 Å². The molecule has 4 nitrogen and oxygen atoms in total. The topological polar surface area (TPSA) is 53.4 Å². The number of nitrogens with zero attached hydrogens (tertiary/aromatic N) is 2. The lowest BCUT2D eigenvalue weighted by Crippen LogP contribution is -2.20. The molecule has 0 aliphatic carbocycles. The first-order valence-electron chi connectivity index (χ1n) is 5.02. The molecule has 1 aromatic heterocycles. The Balaban J connectivity index is 2.15. The molecule has 0 aromatic carbocycles. The van der Waals surface area contributed by atoms with Gasteiger partial charge in [-0.2, -0.15) is 0 Å². The Labute approximate surface area is 88.6 Å². The van der Waals surface area contributed by atoms with Crippen LogP contribution in [0.25, 0.3) is 0 Å². The molecule has 1 saturated heterocycles. The van der Waals surface area contributed by atoms with E-state index in [0.29, 0.717) is 13.0 Å². The van der Waals surface area contributed by atoms with E-state index in [1.54, 1.807) is 6.20 Å². The van der Waals surface area contributed by atoms with Crippen LogP contribution in [0.2, 0.25) is 0 Å². The van der Waals surface area contributed by atoms with Gasteiger partial charge in [0.15, 0.2) is 0 Å². The Hall–Kier alpha value is -1.42. The normalized spacial score (nSPS) is 26.7. The van der Waals surface area contributed by atoms with Crippen molar-refractivity contribution in [3.05, 3.63) is 30.1 Å². The van der Waals surface area contributed by atoms with Gasteiger partial charge < -0.3 is 5.11 Å². The maximum atomic E-state index is 10.9. The summed E-state index contributed by atoms with van der Waals surface area (Å²) < 4.78 is 0. The number of aliphatic carboxylic acids is 1. The van der Waals surface area contributed by atoms with Gasteiger partial charge in [-0.3, -0.25) is 14.7 Å². The van der Waals surface area contributed by atoms with Gasteiger partial charge in [-0.1, -0.05) is 6.07 Å². The van der Waals surface area contributed by atoms with E-state index in [-0.39, 0.29) is 12.0 Å². The Morgan fingerprint density at radius 1 is 1.60 bits per heavy atom. The third kappa shape index (κ3) is 1.99. The van der Waals surface area contributed by atoms with Crippen LogP contribution in [0.4, 0.5) is 0 Å². The van der Waals surface area contributed by atoms with Crippen LogP contribution in [-0.4, -0.2) is 34.6 Å². The number of likely N-dealkylation sites (tertiary alicyclic amines) is 1. The summed E-state index contributed by atoms with van der Waals surface area (Å²) in [5.74, 6) is -0.970. The summed E-state index contributed by atoms with van der Waals surface area (Å²) in [6.45, 7) is 0.608. The molecule has 1 aliphatic heterocycles. The largest absolute Gasteiger partial charge is 0.481 e. The fraction of sp³-hybridized carbons (Fsp3) is 0.455. The van der Waals surface area contributed by atoms with E-state index in [9.17, 15) is 4.79 Å². The number of aromatic nitrogens is 1. The molecule has 0 saturated carbocycles. The number of rotatable bonds is 2. The third-order valence-electron chi connectivity index (χ3n) is 2.93. The fourth-order valence-corrected chi connectivity index (χ4v) is 2.10. The molecule has 0 radical (unpaired) electrons. The molecule has 80 valence electrons. The van der Waals surface area contributed by atoms with E-state index < -0.39 is 5.97 Å². The minimum atomic E-state index is -0.708. The quantitative estimate of drug-likeness (QED) is 0.789. The van der Waals surface area contributed by atoms with Crippen molar-refractivity contribution in [3.8, 4) is 0 Å². The first-order valence-corrected chi connectivity index (χ1v) is 5.02. The average molecular weight is 206 g/mol. The zero-order chi connectivity index (χ0) is 10.8. The van der Waals surface area contributed by atoms with Crippen molar-refractivity contribution in [2.75, 3.05) is 13.6 Å². The van der Waals surface area contributed by atoms with E-state index in [2.05, 4.69) is 9.88 Å². The molecule has 2 rings (SSSR count). The van der Waals surface area contributed by atoms with Gasteiger partial charge in [0.1, 0.15) is 0 Å². The highest BCUT2D eigenvalue weighted by atomic mass is 16.4. The minimum Gasteiger partial charge on any atom is -0.481 e. The molecule has 0 bridgehead atoms. The highest BCUT2D eigenvalue weighted by Crippen LogP contribution is 2.32. The van der Waals surface area contributed by atoms with E-state index in [4.69, 9.17) is 5.11 Å². The monoisotopic (exact) mass is 206 g/mol. The standard InChI is InChI=1S/C11H14N2O2/c1-13-7-8(11(14)15)6-10(13)9-4-2-3-5-12-9/h2-5,8,10H,6-7H2,1H3,(H,14,15)/t8-,10+/m0/s1. The lowest BCUT2D eigenvalue weighted by molar-refractivity contribution is -0.141. The average Bonchev–Trinajstić information content (AvgIpc) is 2.62. The molecular weight excluding hydrogens is 192 g/mol. The Bertz CT molecular complexity index is 353. The number of hydrogen-bond acceptors (Lipinski definition) is 3. The van der Waals surface area contributed by atoms with Gasteiger partial charge in [0.2, 0.25) is 0 Å². The molecule has 1 N–H and O–H groups in total. The van der Waals surface area contributed by atoms with Gasteiger partial charge in [-0.15, -0.1) is 0 Å². The molecule has 0 spiro atoms. The van der Waals surface area contributed by atoms with E-state index in [0.717, 1.165) is 5.69 Å². The maximum absolute atomic E-state index is 10.9. The molecule has 1 fully saturated rings. The van der Waals surface area contributed by atoms with Gasteiger partial charge in [-0.25, -0.2) is 0 Å². The maximum Gasteiger partial charge on any atom is 0.307 e. The van der Waals surface area contributed by atoms with Crippen molar-refractivity contribution >= 4 is 5.97 Å². The highest BCUT2D eigenvalue weighted by Gasteiger charge is 2.35. The van der Waals surface area contributed by atoms with Crippen LogP contribution >= 0.6 is 0 Å². The summed E-state index contributed by atoms with van der Waals surface area (Å²) in [5, 5.41) is 8.95. The number of carboxylic acid groups (broad SMARTS) is 1. The van der Waals surface area contributed by atoms with Gasteiger partial charge in [-0.05, 0) is 25.6 Å². The van der Waals surface area contributed by atoms with Crippen molar-refractivity contribution in [1.82, 2.24) is 9.88 Å². The molecule has 2 atom stereocenters. The van der Waals surface area contributed by atoms with Gasteiger partial charge in [0.25, 0.3) is 0 Å². The van der Waals surface area contributed by atoms with Crippen molar-refractivity contribution in [2.24, 2.45) is 5.92 Å². The molecule has 15 heavy (non-hydrogen) atoms. The first kappa shape index (κ1) is 10.1.